The zero-order valence-corrected chi connectivity index (χ0v) is 12.0. The molecule has 0 unspecified atom stereocenters. The molecule has 0 aromatic carbocycles. The van der Waals surface area contributed by atoms with Crippen molar-refractivity contribution in [3.63, 3.8) is 0 Å². The van der Waals surface area contributed by atoms with Gasteiger partial charge < -0.3 is 9.64 Å². The third-order valence-electron chi connectivity index (χ3n) is 2.47. The average Bonchev–Trinajstić information content (AvgIpc) is 2.38. The SMILES string of the molecule is C=CC(=O)OC.CCCCN(CC)CCCC. The van der Waals surface area contributed by atoms with Gasteiger partial charge in [0.1, 0.15) is 0 Å². The fraction of sp³-hybridized carbons (Fsp3) is 0.786. The van der Waals surface area contributed by atoms with Gasteiger partial charge in [-0.3, -0.25) is 0 Å². The van der Waals surface area contributed by atoms with Crippen molar-refractivity contribution in [2.24, 2.45) is 0 Å². The van der Waals surface area contributed by atoms with E-state index in [-0.39, 0.29) is 0 Å². The first kappa shape index (κ1) is 18.5. The largest absolute Gasteiger partial charge is 0.466 e. The number of rotatable bonds is 8. The Morgan fingerprint density at radius 2 is 1.65 bits per heavy atom. The van der Waals surface area contributed by atoms with Crippen molar-refractivity contribution in [3.8, 4) is 0 Å². The lowest BCUT2D eigenvalue weighted by molar-refractivity contribution is -0.134. The first-order valence-corrected chi connectivity index (χ1v) is 6.58. The molecule has 3 nitrogen and oxygen atoms in total. The molecule has 3 heteroatoms. The van der Waals surface area contributed by atoms with E-state index in [0.717, 1.165) is 6.08 Å². The number of hydrogen-bond acceptors (Lipinski definition) is 3. The summed E-state index contributed by atoms with van der Waals surface area (Å²) in [4.78, 5) is 12.4. The number of methoxy groups -OCH3 is 1. The smallest absolute Gasteiger partial charge is 0.329 e. The van der Waals surface area contributed by atoms with Crippen LogP contribution in [0.15, 0.2) is 12.7 Å². The first-order valence-electron chi connectivity index (χ1n) is 6.58. The molecule has 0 aliphatic rings. The zero-order valence-electron chi connectivity index (χ0n) is 12.0. The molecule has 0 bridgehead atoms. The highest BCUT2D eigenvalue weighted by Gasteiger charge is 1.98. The quantitative estimate of drug-likeness (QED) is 0.484. The van der Waals surface area contributed by atoms with Crippen molar-refractivity contribution in [3.05, 3.63) is 12.7 Å². The highest BCUT2D eigenvalue weighted by atomic mass is 16.5. The van der Waals surface area contributed by atoms with Crippen molar-refractivity contribution in [1.82, 2.24) is 4.90 Å². The molecule has 102 valence electrons. The van der Waals surface area contributed by atoms with Crippen LogP contribution >= 0.6 is 0 Å². The molecule has 17 heavy (non-hydrogen) atoms. The lowest BCUT2D eigenvalue weighted by atomic mass is 10.2. The summed E-state index contributed by atoms with van der Waals surface area (Å²) >= 11 is 0. The second-order valence-corrected chi connectivity index (χ2v) is 3.87. The second-order valence-electron chi connectivity index (χ2n) is 3.87. The minimum atomic E-state index is -0.394. The average molecular weight is 243 g/mol. The summed E-state index contributed by atoms with van der Waals surface area (Å²) in [5, 5.41) is 0. The molecule has 0 saturated carbocycles. The van der Waals surface area contributed by atoms with Crippen molar-refractivity contribution in [1.29, 1.82) is 0 Å². The van der Waals surface area contributed by atoms with E-state index in [4.69, 9.17) is 0 Å². The molecule has 0 saturated heterocycles. The molecule has 0 atom stereocenters. The standard InChI is InChI=1S/C10H23N.C4H6O2/c1-4-7-9-11(6-3)10-8-5-2;1-3-4(5)6-2/h4-10H2,1-3H3;3H,1H2,2H3. The number of carbonyl (C=O) groups excluding carboxylic acids is 1. The van der Waals surface area contributed by atoms with Gasteiger partial charge in [0.05, 0.1) is 7.11 Å². The lowest BCUT2D eigenvalue weighted by Gasteiger charge is -2.19. The number of nitrogens with zero attached hydrogens (tertiary/aromatic N) is 1. The summed E-state index contributed by atoms with van der Waals surface area (Å²) in [6.07, 6.45) is 6.47. The van der Waals surface area contributed by atoms with Crippen LogP contribution in [0.1, 0.15) is 46.5 Å². The van der Waals surface area contributed by atoms with E-state index in [1.54, 1.807) is 0 Å². The van der Waals surface area contributed by atoms with Gasteiger partial charge in [0.15, 0.2) is 0 Å². The van der Waals surface area contributed by atoms with Crippen LogP contribution in [0.2, 0.25) is 0 Å². The summed E-state index contributed by atoms with van der Waals surface area (Å²) in [6, 6.07) is 0. The van der Waals surface area contributed by atoms with Crippen LogP contribution in [0.5, 0.6) is 0 Å². The second kappa shape index (κ2) is 15.2. The van der Waals surface area contributed by atoms with Crippen molar-refractivity contribution >= 4 is 5.97 Å². The zero-order chi connectivity index (χ0) is 13.5. The minimum absolute atomic E-state index is 0.394. The number of unbranched alkanes of at least 4 members (excludes halogenated alkanes) is 2. The summed E-state index contributed by atoms with van der Waals surface area (Å²) < 4.78 is 4.14. The fourth-order valence-electron chi connectivity index (χ4n) is 1.27. The Hall–Kier alpha value is -0.830. The molecular formula is C14H29NO2. The molecule has 0 N–H and O–H groups in total. The molecule has 0 heterocycles. The Morgan fingerprint density at radius 1 is 1.18 bits per heavy atom. The highest BCUT2D eigenvalue weighted by molar-refractivity contribution is 5.80. The number of esters is 1. The van der Waals surface area contributed by atoms with E-state index in [1.165, 1.54) is 52.4 Å². The summed E-state index contributed by atoms with van der Waals surface area (Å²) in [6.45, 7) is 13.7. The Balaban J connectivity index is 0. The minimum Gasteiger partial charge on any atom is -0.466 e. The molecular weight excluding hydrogens is 214 g/mol. The van der Waals surface area contributed by atoms with Crippen LogP contribution in [-0.2, 0) is 9.53 Å². The van der Waals surface area contributed by atoms with Crippen LogP contribution in [0.3, 0.4) is 0 Å². The van der Waals surface area contributed by atoms with Gasteiger partial charge >= 0.3 is 5.97 Å². The van der Waals surface area contributed by atoms with Crippen LogP contribution < -0.4 is 0 Å². The number of ether oxygens (including phenoxy) is 1. The van der Waals surface area contributed by atoms with Gasteiger partial charge in [-0.15, -0.1) is 0 Å². The van der Waals surface area contributed by atoms with Crippen molar-refractivity contribution in [2.75, 3.05) is 26.7 Å². The molecule has 0 radical (unpaired) electrons. The molecule has 0 fully saturated rings. The molecule has 0 spiro atoms. The number of hydrogen-bond donors (Lipinski definition) is 0. The van der Waals surface area contributed by atoms with Gasteiger partial charge in [0.25, 0.3) is 0 Å². The van der Waals surface area contributed by atoms with Crippen LogP contribution in [0.4, 0.5) is 0 Å². The Kier molecular flexibility index (Phi) is 16.5. The topological polar surface area (TPSA) is 29.5 Å². The highest BCUT2D eigenvalue weighted by Crippen LogP contribution is 1.97. The van der Waals surface area contributed by atoms with Gasteiger partial charge in [-0.1, -0.05) is 40.2 Å². The van der Waals surface area contributed by atoms with Crippen LogP contribution in [0, 0.1) is 0 Å². The molecule has 0 aromatic heterocycles. The normalized spacial score (nSPS) is 9.47. The lowest BCUT2D eigenvalue weighted by Crippen LogP contribution is -2.25. The molecule has 0 rings (SSSR count). The van der Waals surface area contributed by atoms with Crippen LogP contribution in [0.25, 0.3) is 0 Å². The van der Waals surface area contributed by atoms with E-state index in [2.05, 4.69) is 37.0 Å². The van der Waals surface area contributed by atoms with E-state index in [9.17, 15) is 4.79 Å². The van der Waals surface area contributed by atoms with E-state index in [1.807, 2.05) is 0 Å². The Labute approximate surface area is 107 Å². The third kappa shape index (κ3) is 15.2. The maximum atomic E-state index is 9.84. The monoisotopic (exact) mass is 243 g/mol. The molecule has 0 aromatic rings. The van der Waals surface area contributed by atoms with Gasteiger partial charge in [0.2, 0.25) is 0 Å². The molecule has 0 amide bonds. The van der Waals surface area contributed by atoms with Gasteiger partial charge in [0, 0.05) is 6.08 Å². The van der Waals surface area contributed by atoms with Gasteiger partial charge in [-0.2, -0.15) is 0 Å². The number of carbonyl (C=O) groups is 1. The Bertz CT molecular complexity index is 173. The first-order chi connectivity index (χ1) is 8.15. The van der Waals surface area contributed by atoms with Crippen LogP contribution in [-0.4, -0.2) is 37.6 Å². The third-order valence-corrected chi connectivity index (χ3v) is 2.47. The van der Waals surface area contributed by atoms with E-state index >= 15 is 0 Å². The van der Waals surface area contributed by atoms with Gasteiger partial charge in [-0.25, -0.2) is 4.79 Å². The maximum Gasteiger partial charge on any atom is 0.329 e. The predicted molar refractivity (Wildman–Crippen MR) is 74.1 cm³/mol. The summed E-state index contributed by atoms with van der Waals surface area (Å²) in [5.41, 5.74) is 0. The van der Waals surface area contributed by atoms with E-state index < -0.39 is 5.97 Å². The van der Waals surface area contributed by atoms with Gasteiger partial charge in [-0.05, 0) is 32.5 Å². The van der Waals surface area contributed by atoms with Crippen molar-refractivity contribution < 1.29 is 9.53 Å². The maximum absolute atomic E-state index is 9.84. The summed E-state index contributed by atoms with van der Waals surface area (Å²) in [7, 11) is 1.31. The predicted octanol–water partition coefficient (Wildman–Crippen LogP) is 3.25. The Morgan fingerprint density at radius 3 is 1.82 bits per heavy atom. The van der Waals surface area contributed by atoms with Crippen molar-refractivity contribution in [2.45, 2.75) is 46.5 Å². The molecule has 0 aliphatic carbocycles. The summed E-state index contributed by atoms with van der Waals surface area (Å²) in [5.74, 6) is -0.394. The molecule has 0 aliphatic heterocycles. The fourth-order valence-corrected chi connectivity index (χ4v) is 1.27. The van der Waals surface area contributed by atoms with E-state index in [0.29, 0.717) is 0 Å².